The van der Waals surface area contributed by atoms with Crippen LogP contribution >= 0.6 is 12.2 Å². The normalized spacial score (nSPS) is 8.25. The number of nitrogens with one attached hydrogen (secondary N) is 4. The molecule has 4 amide bonds. The topological polar surface area (TPSA) is 106 Å². The minimum Gasteiger partial charge on any atom is -0.360 e. The van der Waals surface area contributed by atoms with Crippen LogP contribution in [-0.4, -0.2) is 99.4 Å². The van der Waals surface area contributed by atoms with Crippen molar-refractivity contribution >= 4 is 62.0 Å². The van der Waals surface area contributed by atoms with E-state index in [9.17, 15) is 14.4 Å². The summed E-state index contributed by atoms with van der Waals surface area (Å²) in [7, 11) is 7.30. The minimum atomic E-state index is -0.380. The third-order valence-corrected chi connectivity index (χ3v) is 3.33. The summed E-state index contributed by atoms with van der Waals surface area (Å²) < 4.78 is 0. The van der Waals surface area contributed by atoms with Gasteiger partial charge in [0.1, 0.15) is 0 Å². The van der Waals surface area contributed by atoms with Crippen LogP contribution in [0.15, 0.2) is 0 Å². The fraction of sp³-hybridized carbons (Fsp3) is 0.833. The average molecular weight is 625 g/mol. The number of carbonyl (C=O) groups is 3. The van der Waals surface area contributed by atoms with Gasteiger partial charge in [-0.2, -0.15) is 0 Å². The van der Waals surface area contributed by atoms with Crippen LogP contribution in [0, 0.1) is 0 Å². The number of nitrogens with zero attached hydrogens (tertiary/aromatic N) is 2. The van der Waals surface area contributed by atoms with Gasteiger partial charge in [-0.05, 0) is 53.8 Å². The van der Waals surface area contributed by atoms with Crippen LogP contribution in [-0.2, 0) is 12.6 Å². The second-order valence-corrected chi connectivity index (χ2v) is 9.80. The Kier molecular flexibility index (Phi) is 51.6. The summed E-state index contributed by atoms with van der Waals surface area (Å²) >= 11 is 11.1. The monoisotopic (exact) mass is 625 g/mol. The number of carbonyl (C=O) groups excluding carboxylic acids is 3. The van der Waals surface area contributed by atoms with Crippen molar-refractivity contribution in [1.29, 1.82) is 0 Å². The van der Waals surface area contributed by atoms with Crippen molar-refractivity contribution < 1.29 is 14.4 Å². The van der Waals surface area contributed by atoms with Crippen LogP contribution in [0.4, 0.5) is 14.4 Å². The average Bonchev–Trinajstić information content (AvgIpc) is 2.52. The van der Waals surface area contributed by atoms with Crippen molar-refractivity contribution in [3.05, 3.63) is 0 Å². The predicted molar refractivity (Wildman–Crippen MR) is 171 cm³/mol. The van der Waals surface area contributed by atoms with Crippen LogP contribution in [0.2, 0.25) is 0 Å². The molecule has 0 rings (SSSR count). The first-order valence-electron chi connectivity index (χ1n) is 10.3. The molecule has 0 radical (unpaired) electrons. The van der Waals surface area contributed by atoms with Gasteiger partial charge in [0.2, 0.25) is 0 Å². The van der Waals surface area contributed by atoms with Crippen molar-refractivity contribution in [3.8, 4) is 0 Å². The predicted octanol–water partition coefficient (Wildman–Crippen LogP) is 4.70. The summed E-state index contributed by atoms with van der Waals surface area (Å²) in [4.78, 5) is 34.2. The maximum atomic E-state index is 10.8. The summed E-state index contributed by atoms with van der Waals surface area (Å²) in [6.45, 7) is 15.6. The Labute approximate surface area is 244 Å². The van der Waals surface area contributed by atoms with Crippen LogP contribution in [0.3, 0.4) is 0 Å². The van der Waals surface area contributed by atoms with E-state index in [-0.39, 0.29) is 63.9 Å². The Bertz CT molecular complexity index is 488. The van der Waals surface area contributed by atoms with Crippen LogP contribution in [0.1, 0.15) is 85.1 Å². The largest absolute Gasteiger partial charge is 0.360 e. The molecule has 0 aliphatic carbocycles. The Hall–Kier alpha value is -1.36. The fourth-order valence-electron chi connectivity index (χ4n) is 1.23. The zero-order valence-electron chi connectivity index (χ0n) is 21.7. The van der Waals surface area contributed by atoms with Gasteiger partial charge in [0.15, 0.2) is 5.11 Å². The van der Waals surface area contributed by atoms with Crippen LogP contribution < -0.4 is 21.3 Å². The molecule has 9 nitrogen and oxygen atoms in total. The molecule has 0 heterocycles. The van der Waals surface area contributed by atoms with E-state index in [0.717, 1.165) is 5.11 Å². The van der Waals surface area contributed by atoms with Crippen molar-refractivity contribution in [1.82, 2.24) is 31.1 Å². The Morgan fingerprint density at radius 3 is 1.00 bits per heavy atom. The molecule has 0 bridgehead atoms. The minimum absolute atomic E-state index is 0. The van der Waals surface area contributed by atoms with E-state index >= 15 is 0 Å². The maximum Gasteiger partial charge on any atom is 0.168 e. The molecule has 0 aliphatic heterocycles. The first-order chi connectivity index (χ1) is 14.3. The van der Waals surface area contributed by atoms with Gasteiger partial charge in [-0.25, -0.2) is 4.79 Å². The van der Waals surface area contributed by atoms with Gasteiger partial charge in [0.25, 0.3) is 0 Å². The molecule has 4 N–H and O–H groups in total. The van der Waals surface area contributed by atoms with E-state index in [1.54, 1.807) is 14.1 Å². The van der Waals surface area contributed by atoms with Gasteiger partial charge in [-0.1, -0.05) is 29.7 Å². The van der Waals surface area contributed by atoms with E-state index in [1.165, 1.54) is 4.90 Å². The molecule has 0 aromatic heterocycles. The van der Waals surface area contributed by atoms with Crippen molar-refractivity contribution in [2.45, 2.75) is 109 Å². The van der Waals surface area contributed by atoms with Crippen LogP contribution in [0.5, 0.6) is 0 Å². The Morgan fingerprint density at radius 2 is 0.944 bits per heavy atom. The summed E-state index contributed by atoms with van der Waals surface area (Å²) in [6.07, 6.45) is 0. The maximum absolute atomic E-state index is 10.8. The van der Waals surface area contributed by atoms with Gasteiger partial charge < -0.3 is 43.2 Å². The molecule has 0 aliphatic rings. The first kappa shape index (κ1) is 55.2. The third-order valence-electron chi connectivity index (χ3n) is 2.46. The Morgan fingerprint density at radius 1 is 0.639 bits per heavy atom. The summed E-state index contributed by atoms with van der Waals surface area (Å²) in [6, 6.07) is 1.05. The molecule has 0 fully saturated rings. The molecular weight excluding hydrogens is 563 g/mol. The first-order valence-corrected chi connectivity index (χ1v) is 12.0. The van der Waals surface area contributed by atoms with Crippen molar-refractivity contribution in [2.75, 3.05) is 28.2 Å². The molecule has 0 aromatic carbocycles. The van der Waals surface area contributed by atoms with Crippen molar-refractivity contribution in [2.24, 2.45) is 0 Å². The molecule has 224 valence electrons. The van der Waals surface area contributed by atoms with E-state index in [4.69, 9.17) is 12.2 Å². The quantitative estimate of drug-likeness (QED) is 0.204. The number of thiocarbonyl (C=S) groups is 1. The second-order valence-electron chi connectivity index (χ2n) is 8.19. The summed E-state index contributed by atoms with van der Waals surface area (Å²) in [5.41, 5.74) is 0. The molecule has 0 saturated heterocycles. The number of amides is 4. The zero-order valence-corrected chi connectivity index (χ0v) is 25.2. The zero-order chi connectivity index (χ0) is 26.6. The van der Waals surface area contributed by atoms with Gasteiger partial charge in [-0.3, -0.25) is 0 Å². The second kappa shape index (κ2) is 33.6. The molecular formula is C24H61N6O3S2Se-. The molecule has 0 aromatic rings. The Balaban J connectivity index is -0.0000000470. The number of hydrogen-bond donors (Lipinski definition) is 4. The smallest absolute Gasteiger partial charge is 0.168 e. The molecule has 36 heavy (non-hydrogen) atoms. The number of hydrogen-bond acceptors (Lipinski definition) is 5. The van der Waals surface area contributed by atoms with E-state index < -0.39 is 0 Å². The number of rotatable bonds is 4. The van der Waals surface area contributed by atoms with E-state index in [2.05, 4.69) is 47.7 Å². The standard InChI is InChI=1S/C6H14N2O.C6H14N2S.C4H9NOS.C4H9NOSe.4CH4/c2*1-5(2)7-6(9)8(3)4;2*1-3(2)5-4(6)7;;;;/h2*5H,1-4H3,(H,7,9);2*3H,1-2H3,(H2,5,6,7);4*1H4/p-1. The van der Waals surface area contributed by atoms with E-state index in [0.29, 0.717) is 6.04 Å². The van der Waals surface area contributed by atoms with Gasteiger partial charge in [0.05, 0.1) is 5.24 Å². The van der Waals surface area contributed by atoms with E-state index in [1.807, 2.05) is 76.6 Å². The fourth-order valence-corrected chi connectivity index (χ4v) is 2.25. The van der Waals surface area contributed by atoms with Crippen molar-refractivity contribution in [3.63, 3.8) is 0 Å². The summed E-state index contributed by atoms with van der Waals surface area (Å²) in [5, 5.41) is 11.4. The van der Waals surface area contributed by atoms with Gasteiger partial charge in [-0.15, -0.1) is 0 Å². The van der Waals surface area contributed by atoms with Gasteiger partial charge in [0, 0.05) is 46.3 Å². The summed E-state index contributed by atoms with van der Waals surface area (Å²) in [5.74, 6) is 0. The SMILES string of the molecule is C.C.C.C.CC(C)NC(=O)N(C)C.CC(C)NC(=O)[S-].CC(C)NC(=O)[SeH].CC(C)NC(=S)N(C)C. The third kappa shape index (κ3) is 63.7. The molecule has 0 unspecified atom stereocenters. The van der Waals surface area contributed by atoms with Gasteiger partial charge >= 0.3 is 56.9 Å². The molecule has 12 heteroatoms. The molecule has 0 atom stereocenters. The molecule has 0 saturated carbocycles. The number of urea groups is 1. The molecule has 0 spiro atoms. The van der Waals surface area contributed by atoms with Crippen LogP contribution in [0.25, 0.3) is 0 Å².